The third-order valence-corrected chi connectivity index (χ3v) is 3.07. The lowest BCUT2D eigenvalue weighted by Gasteiger charge is -2.05. The SMILES string of the molecule is CC(C)C(=O)NCc1ccc(C#CCCO)s1. The maximum absolute atomic E-state index is 11.4. The summed E-state index contributed by atoms with van der Waals surface area (Å²) in [5.74, 6) is 5.92. The van der Waals surface area contributed by atoms with Gasteiger partial charge in [-0.3, -0.25) is 4.79 Å². The first-order chi connectivity index (χ1) is 8.13. The molecule has 0 aliphatic rings. The number of carbonyl (C=O) groups excluding carboxylic acids is 1. The van der Waals surface area contributed by atoms with E-state index < -0.39 is 0 Å². The highest BCUT2D eigenvalue weighted by atomic mass is 32.1. The number of nitrogens with one attached hydrogen (secondary N) is 1. The van der Waals surface area contributed by atoms with Crippen molar-refractivity contribution in [1.29, 1.82) is 0 Å². The molecule has 1 heterocycles. The molecule has 3 nitrogen and oxygen atoms in total. The van der Waals surface area contributed by atoms with Gasteiger partial charge in [0.25, 0.3) is 0 Å². The third-order valence-electron chi connectivity index (χ3n) is 2.07. The first kappa shape index (κ1) is 13.8. The van der Waals surface area contributed by atoms with Gasteiger partial charge in [0.15, 0.2) is 0 Å². The van der Waals surface area contributed by atoms with E-state index in [4.69, 9.17) is 5.11 Å². The largest absolute Gasteiger partial charge is 0.395 e. The van der Waals surface area contributed by atoms with Crippen LogP contribution in [0.4, 0.5) is 0 Å². The molecule has 92 valence electrons. The Morgan fingerprint density at radius 2 is 2.29 bits per heavy atom. The average Bonchev–Trinajstić information content (AvgIpc) is 2.74. The van der Waals surface area contributed by atoms with Crippen molar-refractivity contribution in [3.8, 4) is 11.8 Å². The lowest BCUT2D eigenvalue weighted by Crippen LogP contribution is -2.26. The molecule has 0 radical (unpaired) electrons. The summed E-state index contributed by atoms with van der Waals surface area (Å²) >= 11 is 1.57. The van der Waals surface area contributed by atoms with Crippen molar-refractivity contribution in [2.75, 3.05) is 6.61 Å². The zero-order valence-corrected chi connectivity index (χ0v) is 10.9. The van der Waals surface area contributed by atoms with Crippen LogP contribution in [0.25, 0.3) is 0 Å². The number of hydrogen-bond acceptors (Lipinski definition) is 3. The van der Waals surface area contributed by atoms with E-state index in [0.29, 0.717) is 13.0 Å². The van der Waals surface area contributed by atoms with Crippen molar-refractivity contribution in [3.63, 3.8) is 0 Å². The van der Waals surface area contributed by atoms with E-state index >= 15 is 0 Å². The topological polar surface area (TPSA) is 49.3 Å². The van der Waals surface area contributed by atoms with Crippen molar-refractivity contribution in [3.05, 3.63) is 21.9 Å². The molecule has 0 aliphatic carbocycles. The second-order valence-corrected chi connectivity index (χ2v) is 5.08. The normalized spacial score (nSPS) is 9.88. The number of aliphatic hydroxyl groups is 1. The van der Waals surface area contributed by atoms with Crippen molar-refractivity contribution < 1.29 is 9.90 Å². The molecule has 1 amide bonds. The van der Waals surface area contributed by atoms with Crippen LogP contribution in [0.5, 0.6) is 0 Å². The van der Waals surface area contributed by atoms with Crippen LogP contribution in [-0.4, -0.2) is 17.6 Å². The minimum Gasteiger partial charge on any atom is -0.395 e. The molecule has 1 aromatic rings. The van der Waals surface area contributed by atoms with Gasteiger partial charge in [-0.2, -0.15) is 0 Å². The summed E-state index contributed by atoms with van der Waals surface area (Å²) in [7, 11) is 0. The monoisotopic (exact) mass is 251 g/mol. The molecule has 0 unspecified atom stereocenters. The van der Waals surface area contributed by atoms with E-state index in [-0.39, 0.29) is 18.4 Å². The number of amides is 1. The fourth-order valence-corrected chi connectivity index (χ4v) is 1.95. The van der Waals surface area contributed by atoms with E-state index in [1.807, 2.05) is 26.0 Å². The smallest absolute Gasteiger partial charge is 0.222 e. The summed E-state index contributed by atoms with van der Waals surface area (Å²) in [5.41, 5.74) is 0. The molecule has 0 saturated carbocycles. The fraction of sp³-hybridized carbons (Fsp3) is 0.462. The Bertz CT molecular complexity index is 426. The predicted molar refractivity (Wildman–Crippen MR) is 69.6 cm³/mol. The fourth-order valence-electron chi connectivity index (χ4n) is 1.12. The molecule has 1 aromatic heterocycles. The Balaban J connectivity index is 2.47. The third kappa shape index (κ3) is 5.03. The van der Waals surface area contributed by atoms with Gasteiger partial charge in [-0.15, -0.1) is 11.3 Å². The zero-order valence-electron chi connectivity index (χ0n) is 10.1. The number of hydrogen-bond donors (Lipinski definition) is 2. The van der Waals surface area contributed by atoms with Gasteiger partial charge in [0.05, 0.1) is 18.0 Å². The van der Waals surface area contributed by atoms with Crippen LogP contribution < -0.4 is 5.32 Å². The maximum atomic E-state index is 11.4. The molecular weight excluding hydrogens is 234 g/mol. The Hall–Kier alpha value is -1.31. The summed E-state index contributed by atoms with van der Waals surface area (Å²) in [6.07, 6.45) is 0.497. The van der Waals surface area contributed by atoms with Crippen LogP contribution >= 0.6 is 11.3 Å². The summed E-state index contributed by atoms with van der Waals surface area (Å²) in [4.78, 5) is 13.4. The Labute approximate surface area is 106 Å². The molecule has 0 saturated heterocycles. The lowest BCUT2D eigenvalue weighted by molar-refractivity contribution is -0.124. The molecule has 0 aliphatic heterocycles. The van der Waals surface area contributed by atoms with E-state index in [2.05, 4.69) is 17.2 Å². The van der Waals surface area contributed by atoms with E-state index in [9.17, 15) is 4.79 Å². The lowest BCUT2D eigenvalue weighted by atomic mass is 10.2. The van der Waals surface area contributed by atoms with Gasteiger partial charge < -0.3 is 10.4 Å². The van der Waals surface area contributed by atoms with Crippen molar-refractivity contribution in [2.24, 2.45) is 5.92 Å². The van der Waals surface area contributed by atoms with Gasteiger partial charge in [0.2, 0.25) is 5.91 Å². The zero-order chi connectivity index (χ0) is 12.7. The molecule has 0 aromatic carbocycles. The highest BCUT2D eigenvalue weighted by Gasteiger charge is 2.06. The minimum atomic E-state index is 0.0128. The van der Waals surface area contributed by atoms with E-state index in [1.165, 1.54) is 0 Å². The summed E-state index contributed by atoms with van der Waals surface area (Å²) in [6.45, 7) is 4.39. The molecule has 17 heavy (non-hydrogen) atoms. The highest BCUT2D eigenvalue weighted by molar-refractivity contribution is 7.12. The first-order valence-corrected chi connectivity index (χ1v) is 6.41. The Morgan fingerprint density at radius 1 is 1.53 bits per heavy atom. The van der Waals surface area contributed by atoms with Gasteiger partial charge in [-0.1, -0.05) is 25.7 Å². The molecule has 4 heteroatoms. The van der Waals surface area contributed by atoms with E-state index in [1.54, 1.807) is 11.3 Å². The molecule has 0 spiro atoms. The van der Waals surface area contributed by atoms with Crippen molar-refractivity contribution in [1.82, 2.24) is 5.32 Å². The second-order valence-electron chi connectivity index (χ2n) is 3.91. The number of thiophene rings is 1. The minimum absolute atomic E-state index is 0.0128. The average molecular weight is 251 g/mol. The second kappa shape index (κ2) is 7.10. The van der Waals surface area contributed by atoms with Crippen LogP contribution in [0.3, 0.4) is 0 Å². The number of aliphatic hydroxyl groups excluding tert-OH is 1. The number of carbonyl (C=O) groups is 1. The highest BCUT2D eigenvalue weighted by Crippen LogP contribution is 2.15. The van der Waals surface area contributed by atoms with Gasteiger partial charge >= 0.3 is 0 Å². The van der Waals surface area contributed by atoms with Gasteiger partial charge in [-0.25, -0.2) is 0 Å². The summed E-state index contributed by atoms with van der Waals surface area (Å²) in [5, 5.41) is 11.5. The van der Waals surface area contributed by atoms with Crippen LogP contribution in [-0.2, 0) is 11.3 Å². The van der Waals surface area contributed by atoms with Crippen molar-refractivity contribution in [2.45, 2.75) is 26.8 Å². The molecule has 2 N–H and O–H groups in total. The predicted octanol–water partition coefficient (Wildman–Crippen LogP) is 1.75. The van der Waals surface area contributed by atoms with Crippen molar-refractivity contribution >= 4 is 17.2 Å². The first-order valence-electron chi connectivity index (χ1n) is 5.59. The molecule has 1 rings (SSSR count). The van der Waals surface area contributed by atoms with E-state index in [0.717, 1.165) is 9.75 Å². The quantitative estimate of drug-likeness (QED) is 0.801. The molecule has 0 atom stereocenters. The van der Waals surface area contributed by atoms with Gasteiger partial charge in [0, 0.05) is 17.2 Å². The van der Waals surface area contributed by atoms with Gasteiger partial charge in [0.1, 0.15) is 0 Å². The van der Waals surface area contributed by atoms with Crippen LogP contribution in [0.15, 0.2) is 12.1 Å². The van der Waals surface area contributed by atoms with Crippen LogP contribution in [0, 0.1) is 17.8 Å². The summed E-state index contributed by atoms with van der Waals surface area (Å²) < 4.78 is 0. The number of rotatable bonds is 4. The molecular formula is C13H17NO2S. The Morgan fingerprint density at radius 3 is 2.94 bits per heavy atom. The Kier molecular flexibility index (Phi) is 5.75. The molecule has 0 fully saturated rings. The molecule has 0 bridgehead atoms. The van der Waals surface area contributed by atoms with Crippen LogP contribution in [0.1, 0.15) is 30.0 Å². The standard InChI is InChI=1S/C13H17NO2S/c1-10(2)13(16)14-9-12-7-6-11(17-12)5-3-4-8-15/h6-7,10,15H,4,8-9H2,1-2H3,(H,14,16). The maximum Gasteiger partial charge on any atom is 0.222 e. The van der Waals surface area contributed by atoms with Crippen LogP contribution in [0.2, 0.25) is 0 Å². The van der Waals surface area contributed by atoms with Gasteiger partial charge in [-0.05, 0) is 12.1 Å². The summed E-state index contributed by atoms with van der Waals surface area (Å²) in [6, 6.07) is 3.90.